The second kappa shape index (κ2) is 5.05. The smallest absolute Gasteiger partial charge is 0.311 e. The van der Waals surface area contributed by atoms with E-state index in [1.807, 2.05) is 24.3 Å². The zero-order valence-corrected chi connectivity index (χ0v) is 11.6. The number of carbonyl (C=O) groups excluding carboxylic acids is 1. The molecule has 0 saturated carbocycles. The van der Waals surface area contributed by atoms with Gasteiger partial charge in [0.25, 0.3) is 5.56 Å². The molecule has 2 heterocycles. The summed E-state index contributed by atoms with van der Waals surface area (Å²) in [5, 5.41) is 0. The molecule has 1 aliphatic rings. The van der Waals surface area contributed by atoms with Crippen LogP contribution in [-0.4, -0.2) is 22.0 Å². The van der Waals surface area contributed by atoms with E-state index in [4.69, 9.17) is 0 Å². The van der Waals surface area contributed by atoms with Gasteiger partial charge in [-0.15, -0.1) is 0 Å². The summed E-state index contributed by atoms with van der Waals surface area (Å²) in [4.78, 5) is 40.2. The monoisotopic (exact) mass is 285 g/mol. The minimum Gasteiger partial charge on any atom is -0.311 e. The van der Waals surface area contributed by atoms with E-state index in [1.54, 1.807) is 11.8 Å². The minimum absolute atomic E-state index is 0.247. The van der Waals surface area contributed by atoms with Gasteiger partial charge in [-0.05, 0) is 25.0 Å². The molecule has 1 amide bonds. The van der Waals surface area contributed by atoms with Gasteiger partial charge in [0, 0.05) is 24.0 Å². The lowest BCUT2D eigenvalue weighted by atomic mass is 10.2. The molecule has 1 N–H and O–H groups in total. The average molecular weight is 285 g/mol. The van der Waals surface area contributed by atoms with Gasteiger partial charge in [-0.1, -0.05) is 18.2 Å². The predicted octanol–water partition coefficient (Wildman–Crippen LogP) is 0.434. The summed E-state index contributed by atoms with van der Waals surface area (Å²) in [6.45, 7) is 1.96. The fraction of sp³-hybridized carbons (Fsp3) is 0.267. The van der Waals surface area contributed by atoms with Crippen LogP contribution in [0.25, 0.3) is 0 Å². The van der Waals surface area contributed by atoms with Crippen LogP contribution in [0.15, 0.2) is 39.9 Å². The number of rotatable bonds is 2. The van der Waals surface area contributed by atoms with Crippen LogP contribution in [0.2, 0.25) is 0 Å². The minimum atomic E-state index is -0.555. The van der Waals surface area contributed by atoms with Gasteiger partial charge in [0.15, 0.2) is 0 Å². The molecule has 0 atom stereocenters. The van der Waals surface area contributed by atoms with Crippen molar-refractivity contribution < 1.29 is 4.79 Å². The van der Waals surface area contributed by atoms with E-state index in [0.29, 0.717) is 12.2 Å². The first-order valence-electron chi connectivity index (χ1n) is 6.75. The Morgan fingerprint density at radius 3 is 2.81 bits per heavy atom. The Balaban J connectivity index is 1.89. The Bertz CT molecular complexity index is 788. The van der Waals surface area contributed by atoms with Crippen molar-refractivity contribution in [3.63, 3.8) is 0 Å². The molecule has 0 radical (unpaired) electrons. The van der Waals surface area contributed by atoms with Crippen molar-refractivity contribution in [1.29, 1.82) is 0 Å². The molecule has 0 saturated heterocycles. The van der Waals surface area contributed by atoms with E-state index in [0.717, 1.165) is 22.2 Å². The van der Waals surface area contributed by atoms with E-state index in [1.165, 1.54) is 6.07 Å². The molecule has 3 rings (SSSR count). The molecule has 0 aliphatic carbocycles. The molecule has 0 spiro atoms. The van der Waals surface area contributed by atoms with Gasteiger partial charge in [0.05, 0.1) is 0 Å². The Labute approximate surface area is 120 Å². The van der Waals surface area contributed by atoms with E-state index >= 15 is 0 Å². The largest absolute Gasteiger partial charge is 0.329 e. The molecule has 108 valence electrons. The zero-order valence-electron chi connectivity index (χ0n) is 11.6. The number of aromatic amines is 1. The van der Waals surface area contributed by atoms with Gasteiger partial charge in [-0.3, -0.25) is 14.2 Å². The second-order valence-electron chi connectivity index (χ2n) is 5.11. The third kappa shape index (κ3) is 2.40. The lowest BCUT2D eigenvalue weighted by Gasteiger charge is -2.17. The molecule has 6 nitrogen and oxygen atoms in total. The van der Waals surface area contributed by atoms with E-state index in [-0.39, 0.29) is 12.5 Å². The van der Waals surface area contributed by atoms with Gasteiger partial charge in [-0.25, -0.2) is 4.79 Å². The van der Waals surface area contributed by atoms with Crippen LogP contribution in [0, 0.1) is 6.92 Å². The van der Waals surface area contributed by atoms with Gasteiger partial charge in [-0.2, -0.15) is 0 Å². The molecule has 2 aromatic rings. The normalized spacial score (nSPS) is 13.3. The summed E-state index contributed by atoms with van der Waals surface area (Å²) in [6.07, 6.45) is 0.793. The first-order chi connectivity index (χ1) is 10.1. The topological polar surface area (TPSA) is 75.2 Å². The van der Waals surface area contributed by atoms with Gasteiger partial charge < -0.3 is 9.88 Å². The lowest BCUT2D eigenvalue weighted by Crippen LogP contribution is -2.41. The number of aryl methyl sites for hydroxylation is 1. The number of hydrogen-bond acceptors (Lipinski definition) is 3. The van der Waals surface area contributed by atoms with Crippen LogP contribution < -0.4 is 16.1 Å². The Morgan fingerprint density at radius 2 is 2.05 bits per heavy atom. The van der Waals surface area contributed by atoms with Gasteiger partial charge in [0.2, 0.25) is 5.91 Å². The van der Waals surface area contributed by atoms with Crippen molar-refractivity contribution in [3.05, 3.63) is 62.4 Å². The fourth-order valence-electron chi connectivity index (χ4n) is 2.60. The highest BCUT2D eigenvalue weighted by molar-refractivity contribution is 5.95. The van der Waals surface area contributed by atoms with Crippen LogP contribution in [-0.2, 0) is 17.8 Å². The summed E-state index contributed by atoms with van der Waals surface area (Å²) in [5.74, 6) is -0.253. The number of nitrogens with zero attached hydrogens (tertiary/aromatic N) is 2. The number of anilines is 1. The van der Waals surface area contributed by atoms with Crippen molar-refractivity contribution in [3.8, 4) is 0 Å². The molecule has 0 fully saturated rings. The molecule has 1 aliphatic heterocycles. The summed E-state index contributed by atoms with van der Waals surface area (Å²) in [6, 6.07) is 8.97. The summed E-state index contributed by atoms with van der Waals surface area (Å²) in [5.41, 5.74) is 1.44. The summed E-state index contributed by atoms with van der Waals surface area (Å²) < 4.78 is 0.927. The first kappa shape index (κ1) is 13.4. The van der Waals surface area contributed by atoms with E-state index < -0.39 is 11.2 Å². The van der Waals surface area contributed by atoms with Crippen molar-refractivity contribution in [2.75, 3.05) is 11.4 Å². The Hall–Kier alpha value is -2.63. The number of fused-ring (bicyclic) bond motifs is 1. The number of carbonyl (C=O) groups is 1. The predicted molar refractivity (Wildman–Crippen MR) is 78.6 cm³/mol. The van der Waals surface area contributed by atoms with Gasteiger partial charge >= 0.3 is 5.69 Å². The SMILES string of the molecule is Cc1cc(=O)n(CC(=O)N2CCc3ccccc32)c(=O)[nH]1. The fourth-order valence-corrected chi connectivity index (χ4v) is 2.60. The van der Waals surface area contributed by atoms with Crippen molar-refractivity contribution >= 4 is 11.6 Å². The van der Waals surface area contributed by atoms with E-state index in [9.17, 15) is 14.4 Å². The van der Waals surface area contributed by atoms with E-state index in [2.05, 4.69) is 4.98 Å². The van der Waals surface area contributed by atoms with Gasteiger partial charge in [0.1, 0.15) is 6.54 Å². The van der Waals surface area contributed by atoms with Crippen LogP contribution in [0.4, 0.5) is 5.69 Å². The Morgan fingerprint density at radius 1 is 1.29 bits per heavy atom. The number of H-pyrrole nitrogens is 1. The molecule has 1 aromatic heterocycles. The quantitative estimate of drug-likeness (QED) is 0.869. The average Bonchev–Trinajstić information content (AvgIpc) is 2.86. The van der Waals surface area contributed by atoms with Crippen molar-refractivity contribution in [2.24, 2.45) is 0 Å². The van der Waals surface area contributed by atoms with Crippen LogP contribution in [0.5, 0.6) is 0 Å². The number of aromatic nitrogens is 2. The van der Waals surface area contributed by atoms with Crippen LogP contribution in [0.3, 0.4) is 0 Å². The molecule has 6 heteroatoms. The highest BCUT2D eigenvalue weighted by Gasteiger charge is 2.24. The number of para-hydroxylation sites is 1. The highest BCUT2D eigenvalue weighted by Crippen LogP contribution is 2.27. The number of benzene rings is 1. The maximum atomic E-state index is 12.4. The maximum Gasteiger partial charge on any atom is 0.329 e. The lowest BCUT2D eigenvalue weighted by molar-refractivity contribution is -0.119. The first-order valence-corrected chi connectivity index (χ1v) is 6.75. The molecule has 21 heavy (non-hydrogen) atoms. The molecular weight excluding hydrogens is 270 g/mol. The number of amides is 1. The maximum absolute atomic E-state index is 12.4. The summed E-state index contributed by atoms with van der Waals surface area (Å²) in [7, 11) is 0. The third-order valence-electron chi connectivity index (χ3n) is 3.64. The van der Waals surface area contributed by atoms with Crippen molar-refractivity contribution in [1.82, 2.24) is 9.55 Å². The number of nitrogens with one attached hydrogen (secondary N) is 1. The standard InChI is InChI=1S/C15H15N3O3/c1-10-8-13(19)18(15(21)16-10)9-14(20)17-7-6-11-4-2-3-5-12(11)17/h2-5,8H,6-7,9H2,1H3,(H,16,21). The molecule has 0 bridgehead atoms. The van der Waals surface area contributed by atoms with Crippen LogP contribution >= 0.6 is 0 Å². The van der Waals surface area contributed by atoms with Crippen molar-refractivity contribution in [2.45, 2.75) is 19.9 Å². The molecule has 1 aromatic carbocycles. The number of hydrogen-bond donors (Lipinski definition) is 1. The second-order valence-corrected chi connectivity index (χ2v) is 5.11. The zero-order chi connectivity index (χ0) is 15.0. The third-order valence-corrected chi connectivity index (χ3v) is 3.64. The van der Waals surface area contributed by atoms with Crippen LogP contribution in [0.1, 0.15) is 11.3 Å². The highest BCUT2D eigenvalue weighted by atomic mass is 16.2. The molecular formula is C15H15N3O3. The summed E-state index contributed by atoms with van der Waals surface area (Å²) >= 11 is 0. The Kier molecular flexibility index (Phi) is 3.21. The molecule has 0 unspecified atom stereocenters.